The Hall–Kier alpha value is -2.02. The number of amides is 2. The predicted octanol–water partition coefficient (Wildman–Crippen LogP) is 1.18. The van der Waals surface area contributed by atoms with Crippen molar-refractivity contribution >= 4 is 17.5 Å². The van der Waals surface area contributed by atoms with E-state index in [-0.39, 0.29) is 12.2 Å². The molecule has 0 spiro atoms. The lowest BCUT2D eigenvalue weighted by Gasteiger charge is -2.21. The zero-order chi connectivity index (χ0) is 15.3. The molecule has 5 nitrogen and oxygen atoms in total. The molecular formula is C13H16F2N2O3. The third-order valence-electron chi connectivity index (χ3n) is 2.72. The van der Waals surface area contributed by atoms with Crippen molar-refractivity contribution in [3.05, 3.63) is 29.8 Å². The van der Waals surface area contributed by atoms with Crippen molar-refractivity contribution in [2.75, 3.05) is 11.9 Å². The molecule has 0 heterocycles. The molecule has 0 unspecified atom stereocenters. The van der Waals surface area contributed by atoms with Crippen LogP contribution in [0.25, 0.3) is 0 Å². The highest BCUT2D eigenvalue weighted by atomic mass is 19.1. The number of benzene rings is 1. The van der Waals surface area contributed by atoms with Gasteiger partial charge < -0.3 is 15.7 Å². The zero-order valence-corrected chi connectivity index (χ0v) is 11.2. The van der Waals surface area contributed by atoms with Crippen LogP contribution in [0.2, 0.25) is 0 Å². The van der Waals surface area contributed by atoms with Gasteiger partial charge in [0.25, 0.3) is 0 Å². The monoisotopic (exact) mass is 286 g/mol. The van der Waals surface area contributed by atoms with Gasteiger partial charge in [-0.15, -0.1) is 0 Å². The van der Waals surface area contributed by atoms with Gasteiger partial charge in [-0.3, -0.25) is 9.59 Å². The second-order valence-corrected chi connectivity index (χ2v) is 4.65. The minimum atomic E-state index is -1.12. The van der Waals surface area contributed by atoms with E-state index in [4.69, 9.17) is 0 Å². The molecule has 1 atom stereocenters. The van der Waals surface area contributed by atoms with Crippen molar-refractivity contribution in [2.45, 2.75) is 25.9 Å². The van der Waals surface area contributed by atoms with Crippen LogP contribution >= 0.6 is 0 Å². The summed E-state index contributed by atoms with van der Waals surface area (Å²) in [4.78, 5) is 22.9. The van der Waals surface area contributed by atoms with E-state index in [0.717, 1.165) is 12.1 Å². The molecule has 0 saturated carbocycles. The molecule has 0 radical (unpaired) electrons. The lowest BCUT2D eigenvalue weighted by Crippen LogP contribution is -2.44. The maximum atomic E-state index is 12.9. The average Bonchev–Trinajstić information content (AvgIpc) is 2.34. The van der Waals surface area contributed by atoms with Crippen molar-refractivity contribution < 1.29 is 23.5 Å². The molecule has 1 aromatic rings. The van der Waals surface area contributed by atoms with Crippen LogP contribution in [0, 0.1) is 11.6 Å². The average molecular weight is 286 g/mol. The van der Waals surface area contributed by atoms with Gasteiger partial charge in [0.1, 0.15) is 11.6 Å². The SMILES string of the molecule is CC[C@@](C)(O)CNC(=O)C(=O)Nc1cc(F)cc(F)c1. The maximum Gasteiger partial charge on any atom is 0.313 e. The van der Waals surface area contributed by atoms with Gasteiger partial charge in [0.15, 0.2) is 0 Å². The summed E-state index contributed by atoms with van der Waals surface area (Å²) in [5.74, 6) is -3.80. The van der Waals surface area contributed by atoms with Crippen LogP contribution < -0.4 is 10.6 Å². The molecule has 0 aliphatic carbocycles. The van der Waals surface area contributed by atoms with Crippen LogP contribution in [-0.2, 0) is 9.59 Å². The first-order valence-corrected chi connectivity index (χ1v) is 6.01. The van der Waals surface area contributed by atoms with Gasteiger partial charge in [-0.1, -0.05) is 6.92 Å². The van der Waals surface area contributed by atoms with Crippen molar-refractivity contribution in [2.24, 2.45) is 0 Å². The smallest absolute Gasteiger partial charge is 0.313 e. The molecule has 110 valence electrons. The summed E-state index contributed by atoms with van der Waals surface area (Å²) in [5, 5.41) is 14.0. The molecule has 7 heteroatoms. The molecular weight excluding hydrogens is 270 g/mol. The van der Waals surface area contributed by atoms with E-state index < -0.39 is 29.0 Å². The quantitative estimate of drug-likeness (QED) is 0.727. The molecule has 2 amide bonds. The van der Waals surface area contributed by atoms with Gasteiger partial charge in [0, 0.05) is 18.3 Å². The number of carbonyl (C=O) groups excluding carboxylic acids is 2. The summed E-state index contributed by atoms with van der Waals surface area (Å²) < 4.78 is 25.8. The van der Waals surface area contributed by atoms with E-state index >= 15 is 0 Å². The number of rotatable bonds is 4. The summed E-state index contributed by atoms with van der Waals surface area (Å²) in [5.41, 5.74) is -1.29. The summed E-state index contributed by atoms with van der Waals surface area (Å²) in [6.07, 6.45) is 0.393. The minimum Gasteiger partial charge on any atom is -0.388 e. The zero-order valence-electron chi connectivity index (χ0n) is 11.2. The van der Waals surface area contributed by atoms with Crippen LogP contribution in [0.1, 0.15) is 20.3 Å². The molecule has 0 saturated heterocycles. The maximum absolute atomic E-state index is 12.9. The van der Waals surface area contributed by atoms with Crippen LogP contribution in [0.15, 0.2) is 18.2 Å². The fraction of sp³-hybridized carbons (Fsp3) is 0.385. The highest BCUT2D eigenvalue weighted by molar-refractivity contribution is 6.39. The van der Waals surface area contributed by atoms with E-state index in [1.165, 1.54) is 6.92 Å². The molecule has 1 aromatic carbocycles. The Bertz CT molecular complexity index is 498. The second kappa shape index (κ2) is 6.42. The van der Waals surface area contributed by atoms with Crippen molar-refractivity contribution in [3.63, 3.8) is 0 Å². The predicted molar refractivity (Wildman–Crippen MR) is 68.9 cm³/mol. The van der Waals surface area contributed by atoms with Crippen molar-refractivity contribution in [3.8, 4) is 0 Å². The molecule has 0 aromatic heterocycles. The highest BCUT2D eigenvalue weighted by Crippen LogP contribution is 2.12. The number of aliphatic hydroxyl groups is 1. The molecule has 1 rings (SSSR count). The molecule has 3 N–H and O–H groups in total. The van der Waals surface area contributed by atoms with Gasteiger partial charge >= 0.3 is 11.8 Å². The minimum absolute atomic E-state index is 0.104. The molecule has 0 fully saturated rings. The molecule has 0 aliphatic rings. The van der Waals surface area contributed by atoms with E-state index in [1.807, 2.05) is 0 Å². The second-order valence-electron chi connectivity index (χ2n) is 4.65. The summed E-state index contributed by atoms with van der Waals surface area (Å²) in [6.45, 7) is 3.13. The van der Waals surface area contributed by atoms with Crippen LogP contribution in [0.4, 0.5) is 14.5 Å². The van der Waals surface area contributed by atoms with E-state index in [9.17, 15) is 23.5 Å². The Balaban J connectivity index is 2.60. The van der Waals surface area contributed by atoms with E-state index in [2.05, 4.69) is 10.6 Å². The summed E-state index contributed by atoms with van der Waals surface area (Å²) >= 11 is 0. The first-order valence-electron chi connectivity index (χ1n) is 6.01. The standard InChI is InChI=1S/C13H16F2N2O3/c1-3-13(2,20)7-16-11(18)12(19)17-10-5-8(14)4-9(15)6-10/h4-6,20H,3,7H2,1-2H3,(H,16,18)(H,17,19)/t13-/m1/s1. The third-order valence-corrected chi connectivity index (χ3v) is 2.72. The van der Waals surface area contributed by atoms with Gasteiger partial charge in [0.05, 0.1) is 5.60 Å². The Morgan fingerprint density at radius 3 is 2.25 bits per heavy atom. The van der Waals surface area contributed by atoms with Crippen LogP contribution in [0.5, 0.6) is 0 Å². The first kappa shape index (κ1) is 16.0. The number of halogens is 2. The van der Waals surface area contributed by atoms with Gasteiger partial charge in [0.2, 0.25) is 0 Å². The van der Waals surface area contributed by atoms with Gasteiger partial charge in [-0.25, -0.2) is 8.78 Å². The van der Waals surface area contributed by atoms with Gasteiger partial charge in [-0.2, -0.15) is 0 Å². The topological polar surface area (TPSA) is 78.4 Å². The van der Waals surface area contributed by atoms with Crippen molar-refractivity contribution in [1.82, 2.24) is 5.32 Å². The van der Waals surface area contributed by atoms with E-state index in [0.29, 0.717) is 12.5 Å². The summed E-state index contributed by atoms with van der Waals surface area (Å²) in [7, 11) is 0. The Labute approximate surface area is 115 Å². The first-order chi connectivity index (χ1) is 9.23. The van der Waals surface area contributed by atoms with Gasteiger partial charge in [-0.05, 0) is 25.5 Å². The number of hydrogen-bond donors (Lipinski definition) is 3. The number of anilines is 1. The largest absolute Gasteiger partial charge is 0.388 e. The number of nitrogens with one attached hydrogen (secondary N) is 2. The van der Waals surface area contributed by atoms with E-state index in [1.54, 1.807) is 6.92 Å². The number of hydrogen-bond acceptors (Lipinski definition) is 3. The number of carbonyl (C=O) groups is 2. The lowest BCUT2D eigenvalue weighted by atomic mass is 10.0. The summed E-state index contributed by atoms with van der Waals surface area (Å²) in [6, 6.07) is 2.42. The fourth-order valence-corrected chi connectivity index (χ4v) is 1.29. The lowest BCUT2D eigenvalue weighted by molar-refractivity contribution is -0.136. The fourth-order valence-electron chi connectivity index (χ4n) is 1.29. The normalized spacial score (nSPS) is 13.4. The van der Waals surface area contributed by atoms with Crippen LogP contribution in [-0.4, -0.2) is 29.1 Å². The van der Waals surface area contributed by atoms with Crippen molar-refractivity contribution in [1.29, 1.82) is 0 Å². The third kappa shape index (κ3) is 4.93. The molecule has 0 bridgehead atoms. The molecule has 0 aliphatic heterocycles. The molecule has 20 heavy (non-hydrogen) atoms. The Morgan fingerprint density at radius 2 is 1.75 bits per heavy atom. The Kier molecular flexibility index (Phi) is 5.15. The Morgan fingerprint density at radius 1 is 1.20 bits per heavy atom. The van der Waals surface area contributed by atoms with Crippen LogP contribution in [0.3, 0.4) is 0 Å². The highest BCUT2D eigenvalue weighted by Gasteiger charge is 2.21.